The SMILES string of the molecule is CCn1cnc2c(=O)n(-c3ccc(Cl)cc3)c(CCN(C)C)nc21. The van der Waals surface area contributed by atoms with E-state index in [-0.39, 0.29) is 5.56 Å². The van der Waals surface area contributed by atoms with Gasteiger partial charge in [0.25, 0.3) is 5.56 Å². The highest BCUT2D eigenvalue weighted by atomic mass is 35.5. The van der Waals surface area contributed by atoms with E-state index in [4.69, 9.17) is 16.6 Å². The van der Waals surface area contributed by atoms with E-state index in [0.717, 1.165) is 24.6 Å². The Balaban J connectivity index is 2.24. The minimum absolute atomic E-state index is 0.150. The maximum absolute atomic E-state index is 13.0. The molecule has 0 fully saturated rings. The number of imidazole rings is 1. The van der Waals surface area contributed by atoms with E-state index in [9.17, 15) is 4.79 Å². The van der Waals surface area contributed by atoms with Crippen molar-refractivity contribution in [2.75, 3.05) is 20.6 Å². The van der Waals surface area contributed by atoms with Crippen LogP contribution in [0.4, 0.5) is 0 Å². The highest BCUT2D eigenvalue weighted by Gasteiger charge is 2.16. The fourth-order valence-corrected chi connectivity index (χ4v) is 2.74. The predicted octanol–water partition coefficient (Wildman–Crippen LogP) is 2.36. The summed E-state index contributed by atoms with van der Waals surface area (Å²) in [6.07, 6.45) is 2.33. The van der Waals surface area contributed by atoms with Gasteiger partial charge in [0, 0.05) is 24.5 Å². The average Bonchev–Trinajstić information content (AvgIpc) is 2.97. The van der Waals surface area contributed by atoms with Crippen LogP contribution in [0.15, 0.2) is 35.4 Å². The summed E-state index contributed by atoms with van der Waals surface area (Å²) in [5, 5.41) is 0.630. The topological polar surface area (TPSA) is 56.0 Å². The zero-order valence-electron chi connectivity index (χ0n) is 14.0. The number of nitrogens with zero attached hydrogens (tertiary/aromatic N) is 5. The van der Waals surface area contributed by atoms with Gasteiger partial charge in [-0.3, -0.25) is 9.36 Å². The number of likely N-dealkylation sites (N-methyl/N-ethyl adjacent to an activating group) is 1. The van der Waals surface area contributed by atoms with Crippen molar-refractivity contribution in [3.8, 4) is 5.69 Å². The minimum Gasteiger partial charge on any atom is -0.315 e. The summed E-state index contributed by atoms with van der Waals surface area (Å²) in [5.41, 5.74) is 1.63. The number of benzene rings is 1. The number of fused-ring (bicyclic) bond motifs is 1. The van der Waals surface area contributed by atoms with Gasteiger partial charge in [-0.05, 0) is 45.3 Å². The molecule has 0 unspecified atom stereocenters. The molecule has 0 N–H and O–H groups in total. The van der Waals surface area contributed by atoms with Crippen LogP contribution in [-0.4, -0.2) is 44.6 Å². The quantitative estimate of drug-likeness (QED) is 0.712. The van der Waals surface area contributed by atoms with Gasteiger partial charge < -0.3 is 9.47 Å². The second-order valence-electron chi connectivity index (χ2n) is 5.90. The van der Waals surface area contributed by atoms with Crippen LogP contribution in [0.3, 0.4) is 0 Å². The van der Waals surface area contributed by atoms with Crippen molar-refractivity contribution < 1.29 is 0 Å². The highest BCUT2D eigenvalue weighted by Crippen LogP contribution is 2.16. The summed E-state index contributed by atoms with van der Waals surface area (Å²) < 4.78 is 3.53. The zero-order chi connectivity index (χ0) is 17.3. The number of aryl methyl sites for hydroxylation is 1. The van der Waals surface area contributed by atoms with Gasteiger partial charge >= 0.3 is 0 Å². The van der Waals surface area contributed by atoms with E-state index in [1.165, 1.54) is 0 Å². The summed E-state index contributed by atoms with van der Waals surface area (Å²) in [6.45, 7) is 3.53. The smallest absolute Gasteiger partial charge is 0.286 e. The molecule has 0 aliphatic rings. The molecule has 24 heavy (non-hydrogen) atoms. The van der Waals surface area contributed by atoms with E-state index in [0.29, 0.717) is 22.6 Å². The van der Waals surface area contributed by atoms with Crippen LogP contribution in [0.1, 0.15) is 12.7 Å². The summed E-state index contributed by atoms with van der Waals surface area (Å²) >= 11 is 5.97. The maximum Gasteiger partial charge on any atom is 0.286 e. The molecule has 0 radical (unpaired) electrons. The van der Waals surface area contributed by atoms with Gasteiger partial charge in [0.1, 0.15) is 5.82 Å². The molecule has 0 spiro atoms. The Hall–Kier alpha value is -2.18. The number of rotatable bonds is 5. The highest BCUT2D eigenvalue weighted by molar-refractivity contribution is 6.30. The Kier molecular flexibility index (Phi) is 4.69. The van der Waals surface area contributed by atoms with E-state index in [2.05, 4.69) is 9.88 Å². The molecule has 0 aliphatic carbocycles. The monoisotopic (exact) mass is 345 g/mol. The van der Waals surface area contributed by atoms with Crippen molar-refractivity contribution >= 4 is 22.8 Å². The lowest BCUT2D eigenvalue weighted by atomic mass is 10.2. The first-order valence-corrected chi connectivity index (χ1v) is 8.26. The van der Waals surface area contributed by atoms with E-state index in [1.54, 1.807) is 23.0 Å². The van der Waals surface area contributed by atoms with Crippen molar-refractivity contribution in [1.29, 1.82) is 0 Å². The lowest BCUT2D eigenvalue weighted by molar-refractivity contribution is 0.407. The van der Waals surface area contributed by atoms with Gasteiger partial charge in [-0.2, -0.15) is 0 Å². The summed E-state index contributed by atoms with van der Waals surface area (Å²) in [5.74, 6) is 0.721. The summed E-state index contributed by atoms with van der Waals surface area (Å²) in [6, 6.07) is 7.20. The molecule has 126 valence electrons. The minimum atomic E-state index is -0.150. The zero-order valence-corrected chi connectivity index (χ0v) is 14.8. The maximum atomic E-state index is 13.0. The van der Waals surface area contributed by atoms with Crippen molar-refractivity contribution in [2.24, 2.45) is 0 Å². The van der Waals surface area contributed by atoms with Crippen molar-refractivity contribution in [1.82, 2.24) is 24.0 Å². The van der Waals surface area contributed by atoms with Crippen molar-refractivity contribution in [2.45, 2.75) is 19.9 Å². The predicted molar refractivity (Wildman–Crippen MR) is 96.1 cm³/mol. The third-order valence-corrected chi connectivity index (χ3v) is 4.17. The molecule has 7 heteroatoms. The van der Waals surface area contributed by atoms with Crippen LogP contribution in [0.5, 0.6) is 0 Å². The normalized spacial score (nSPS) is 11.5. The van der Waals surface area contributed by atoms with Crippen LogP contribution in [0, 0.1) is 0 Å². The largest absolute Gasteiger partial charge is 0.315 e. The van der Waals surface area contributed by atoms with Crippen LogP contribution in [0.25, 0.3) is 16.9 Å². The molecule has 3 rings (SSSR count). The van der Waals surface area contributed by atoms with Crippen molar-refractivity contribution in [3.05, 3.63) is 51.8 Å². The molecule has 0 saturated heterocycles. The Bertz CT molecular complexity index is 911. The van der Waals surface area contributed by atoms with Gasteiger partial charge in [-0.25, -0.2) is 9.97 Å². The third kappa shape index (κ3) is 3.07. The fraction of sp³-hybridized carbons (Fsp3) is 0.353. The fourth-order valence-electron chi connectivity index (χ4n) is 2.62. The molecule has 0 amide bonds. The second kappa shape index (κ2) is 6.75. The first kappa shape index (κ1) is 16.7. The molecule has 0 aliphatic heterocycles. The molecule has 0 atom stereocenters. The van der Waals surface area contributed by atoms with Gasteiger partial charge in [-0.1, -0.05) is 11.6 Å². The number of hydrogen-bond acceptors (Lipinski definition) is 4. The number of halogens is 1. The molecule has 6 nitrogen and oxygen atoms in total. The first-order valence-electron chi connectivity index (χ1n) is 7.88. The van der Waals surface area contributed by atoms with Crippen LogP contribution in [0.2, 0.25) is 5.02 Å². The number of aromatic nitrogens is 4. The molecule has 2 heterocycles. The van der Waals surface area contributed by atoms with Crippen LogP contribution >= 0.6 is 11.6 Å². The molecule has 0 saturated carbocycles. The van der Waals surface area contributed by atoms with Gasteiger partial charge in [0.15, 0.2) is 11.2 Å². The molecule has 3 aromatic rings. The Morgan fingerprint density at radius 2 is 1.92 bits per heavy atom. The van der Waals surface area contributed by atoms with Crippen LogP contribution < -0.4 is 5.56 Å². The number of hydrogen-bond donors (Lipinski definition) is 0. The van der Waals surface area contributed by atoms with Crippen LogP contribution in [-0.2, 0) is 13.0 Å². The standard InChI is InChI=1S/C17H20ClN5O/c1-4-22-11-19-15-16(22)20-14(9-10-21(2)3)23(17(15)24)13-7-5-12(18)6-8-13/h5-8,11H,4,9-10H2,1-3H3. The van der Waals surface area contributed by atoms with Gasteiger partial charge in [0.2, 0.25) is 0 Å². The Labute approximate surface area is 145 Å². The molecular formula is C17H20ClN5O. The molecule has 1 aromatic carbocycles. The van der Waals surface area contributed by atoms with Gasteiger partial charge in [0.05, 0.1) is 12.0 Å². The lowest BCUT2D eigenvalue weighted by Crippen LogP contribution is -2.27. The van der Waals surface area contributed by atoms with E-state index in [1.807, 2.05) is 37.7 Å². The molecular weight excluding hydrogens is 326 g/mol. The van der Waals surface area contributed by atoms with Gasteiger partial charge in [-0.15, -0.1) is 0 Å². The molecule has 0 bridgehead atoms. The summed E-state index contributed by atoms with van der Waals surface area (Å²) in [4.78, 5) is 24.1. The lowest BCUT2D eigenvalue weighted by Gasteiger charge is -2.15. The van der Waals surface area contributed by atoms with E-state index < -0.39 is 0 Å². The first-order chi connectivity index (χ1) is 11.5. The average molecular weight is 346 g/mol. The summed E-state index contributed by atoms with van der Waals surface area (Å²) in [7, 11) is 4.00. The Morgan fingerprint density at radius 1 is 1.21 bits per heavy atom. The third-order valence-electron chi connectivity index (χ3n) is 3.92. The molecule has 2 aromatic heterocycles. The van der Waals surface area contributed by atoms with E-state index >= 15 is 0 Å². The van der Waals surface area contributed by atoms with Crippen molar-refractivity contribution in [3.63, 3.8) is 0 Å². The second-order valence-corrected chi connectivity index (χ2v) is 6.34. The Morgan fingerprint density at radius 3 is 2.54 bits per heavy atom.